The van der Waals surface area contributed by atoms with Gasteiger partial charge >= 0.3 is 0 Å². The summed E-state index contributed by atoms with van der Waals surface area (Å²) in [5.74, 6) is 0.444. The molecular formula is C16H21N3O2. The lowest BCUT2D eigenvalue weighted by Crippen LogP contribution is -2.42. The highest BCUT2D eigenvalue weighted by molar-refractivity contribution is 5.75. The maximum absolute atomic E-state index is 11.2. The Bertz CT molecular complexity index is 501. The number of hydrogen-bond donors (Lipinski definition) is 1. The summed E-state index contributed by atoms with van der Waals surface area (Å²) in [4.78, 5) is 13.3. The Morgan fingerprint density at radius 2 is 2.00 bits per heavy atom. The van der Waals surface area contributed by atoms with Crippen molar-refractivity contribution in [2.45, 2.75) is 31.7 Å². The van der Waals surface area contributed by atoms with E-state index in [1.54, 1.807) is 24.3 Å². The number of nitrogens with zero attached hydrogens (tertiary/aromatic N) is 2. The van der Waals surface area contributed by atoms with E-state index >= 15 is 0 Å². The molecule has 1 aromatic carbocycles. The third-order valence-corrected chi connectivity index (χ3v) is 3.83. The summed E-state index contributed by atoms with van der Waals surface area (Å²) in [5, 5.41) is 8.74. The van der Waals surface area contributed by atoms with Crippen molar-refractivity contribution in [3.63, 3.8) is 0 Å². The molecule has 1 saturated carbocycles. The normalized spacial score (nSPS) is 15.0. The fourth-order valence-corrected chi connectivity index (χ4v) is 2.77. The number of rotatable bonds is 7. The highest BCUT2D eigenvalue weighted by Gasteiger charge is 2.23. The molecule has 0 spiro atoms. The zero-order valence-corrected chi connectivity index (χ0v) is 12.1. The van der Waals surface area contributed by atoms with Crippen LogP contribution in [0.25, 0.3) is 0 Å². The fourth-order valence-electron chi connectivity index (χ4n) is 2.77. The Labute approximate surface area is 125 Å². The number of benzene rings is 1. The summed E-state index contributed by atoms with van der Waals surface area (Å²) in [6, 6.07) is 9.55. The molecule has 5 nitrogen and oxygen atoms in total. The van der Waals surface area contributed by atoms with Gasteiger partial charge in [0.25, 0.3) is 0 Å². The van der Waals surface area contributed by atoms with Crippen molar-refractivity contribution in [1.82, 2.24) is 4.90 Å². The van der Waals surface area contributed by atoms with Crippen LogP contribution in [0.15, 0.2) is 24.3 Å². The average Bonchev–Trinajstić information content (AvgIpc) is 3.00. The first-order valence-corrected chi connectivity index (χ1v) is 7.34. The predicted octanol–water partition coefficient (Wildman–Crippen LogP) is 1.67. The summed E-state index contributed by atoms with van der Waals surface area (Å²) in [5.41, 5.74) is 5.94. The maximum Gasteiger partial charge on any atom is 0.231 e. The second kappa shape index (κ2) is 7.65. The molecule has 0 heterocycles. The number of nitrogens with two attached hydrogens (primary N) is 1. The second-order valence-corrected chi connectivity index (χ2v) is 5.36. The van der Waals surface area contributed by atoms with Gasteiger partial charge in [-0.3, -0.25) is 9.69 Å². The third kappa shape index (κ3) is 4.76. The zero-order valence-electron chi connectivity index (χ0n) is 12.1. The van der Waals surface area contributed by atoms with Crippen molar-refractivity contribution >= 4 is 5.91 Å². The molecule has 1 amide bonds. The lowest BCUT2D eigenvalue weighted by atomic mass is 10.2. The minimum absolute atomic E-state index is 0.291. The number of amides is 1. The van der Waals surface area contributed by atoms with E-state index in [0.29, 0.717) is 31.3 Å². The lowest BCUT2D eigenvalue weighted by molar-refractivity contribution is -0.119. The van der Waals surface area contributed by atoms with Crippen LogP contribution in [-0.4, -0.2) is 36.5 Å². The van der Waals surface area contributed by atoms with Gasteiger partial charge < -0.3 is 10.5 Å². The maximum atomic E-state index is 11.2. The number of carbonyl (C=O) groups excluding carboxylic acids is 1. The van der Waals surface area contributed by atoms with Gasteiger partial charge in [-0.05, 0) is 37.1 Å². The highest BCUT2D eigenvalue weighted by atomic mass is 16.5. The first-order valence-electron chi connectivity index (χ1n) is 7.34. The molecule has 5 heteroatoms. The average molecular weight is 287 g/mol. The standard InChI is InChI=1S/C16H21N3O2/c17-11-13-5-7-15(8-6-13)21-10-9-19(12-16(18)20)14-3-1-2-4-14/h5-8,14H,1-4,9-10,12H2,(H2,18,20). The smallest absolute Gasteiger partial charge is 0.231 e. The van der Waals surface area contributed by atoms with Crippen LogP contribution in [0.5, 0.6) is 5.75 Å². The third-order valence-electron chi connectivity index (χ3n) is 3.83. The second-order valence-electron chi connectivity index (χ2n) is 5.36. The SMILES string of the molecule is N#Cc1ccc(OCCN(CC(N)=O)C2CCCC2)cc1. The number of carbonyl (C=O) groups is 1. The van der Waals surface area contributed by atoms with Gasteiger partial charge in [-0.15, -0.1) is 0 Å². The summed E-state index contributed by atoms with van der Waals surface area (Å²) < 4.78 is 5.67. The molecule has 0 bridgehead atoms. The van der Waals surface area contributed by atoms with E-state index in [9.17, 15) is 4.79 Å². The molecule has 1 aromatic rings. The van der Waals surface area contributed by atoms with Crippen LogP contribution in [0, 0.1) is 11.3 Å². The molecule has 0 aliphatic heterocycles. The Kier molecular flexibility index (Phi) is 5.59. The van der Waals surface area contributed by atoms with Crippen molar-refractivity contribution in [3.8, 4) is 11.8 Å². The van der Waals surface area contributed by atoms with Gasteiger partial charge in [0.2, 0.25) is 5.91 Å². The molecule has 0 saturated heterocycles. The summed E-state index contributed by atoms with van der Waals surface area (Å²) in [6.07, 6.45) is 4.70. The van der Waals surface area contributed by atoms with E-state index in [0.717, 1.165) is 18.6 Å². The fraction of sp³-hybridized carbons (Fsp3) is 0.500. The topological polar surface area (TPSA) is 79.3 Å². The van der Waals surface area contributed by atoms with Crippen molar-refractivity contribution in [2.75, 3.05) is 19.7 Å². The van der Waals surface area contributed by atoms with Crippen LogP contribution in [0.3, 0.4) is 0 Å². The van der Waals surface area contributed by atoms with Crippen LogP contribution in [0.4, 0.5) is 0 Å². The molecule has 0 radical (unpaired) electrons. The van der Waals surface area contributed by atoms with Crippen molar-refractivity contribution < 1.29 is 9.53 Å². The Hall–Kier alpha value is -2.06. The van der Waals surface area contributed by atoms with Crippen LogP contribution >= 0.6 is 0 Å². The van der Waals surface area contributed by atoms with E-state index < -0.39 is 0 Å². The monoisotopic (exact) mass is 287 g/mol. The molecule has 2 N–H and O–H groups in total. The van der Waals surface area contributed by atoms with E-state index in [1.807, 2.05) is 0 Å². The van der Waals surface area contributed by atoms with Crippen molar-refractivity contribution in [1.29, 1.82) is 5.26 Å². The molecule has 0 atom stereocenters. The van der Waals surface area contributed by atoms with Gasteiger partial charge in [0.1, 0.15) is 12.4 Å². The van der Waals surface area contributed by atoms with Crippen LogP contribution in [0.2, 0.25) is 0 Å². The molecule has 2 rings (SSSR count). The summed E-state index contributed by atoms with van der Waals surface area (Å²) >= 11 is 0. The quantitative estimate of drug-likeness (QED) is 0.827. The van der Waals surface area contributed by atoms with Crippen LogP contribution in [-0.2, 0) is 4.79 Å². The lowest BCUT2D eigenvalue weighted by Gasteiger charge is -2.27. The predicted molar refractivity (Wildman–Crippen MR) is 79.7 cm³/mol. The first kappa shape index (κ1) is 15.3. The number of nitriles is 1. The van der Waals surface area contributed by atoms with Gasteiger partial charge in [0, 0.05) is 12.6 Å². The van der Waals surface area contributed by atoms with Crippen LogP contribution < -0.4 is 10.5 Å². The van der Waals surface area contributed by atoms with Gasteiger partial charge in [-0.25, -0.2) is 0 Å². The summed E-state index contributed by atoms with van der Waals surface area (Å²) in [6.45, 7) is 1.49. The van der Waals surface area contributed by atoms with Crippen molar-refractivity contribution in [3.05, 3.63) is 29.8 Å². The molecule has 1 aliphatic carbocycles. The molecule has 0 unspecified atom stereocenters. The Morgan fingerprint density at radius 1 is 1.33 bits per heavy atom. The zero-order chi connectivity index (χ0) is 15.1. The van der Waals surface area contributed by atoms with Gasteiger partial charge in [-0.1, -0.05) is 12.8 Å². The number of primary amides is 1. The minimum Gasteiger partial charge on any atom is -0.492 e. The van der Waals surface area contributed by atoms with Gasteiger partial charge in [0.05, 0.1) is 18.2 Å². The Balaban J connectivity index is 1.83. The van der Waals surface area contributed by atoms with E-state index in [1.165, 1.54) is 12.8 Å². The molecular weight excluding hydrogens is 266 g/mol. The van der Waals surface area contributed by atoms with Crippen molar-refractivity contribution in [2.24, 2.45) is 5.73 Å². The molecule has 112 valence electrons. The molecule has 1 aliphatic rings. The minimum atomic E-state index is -0.291. The van der Waals surface area contributed by atoms with Crippen LogP contribution in [0.1, 0.15) is 31.2 Å². The molecule has 0 aromatic heterocycles. The number of hydrogen-bond acceptors (Lipinski definition) is 4. The molecule has 21 heavy (non-hydrogen) atoms. The van der Waals surface area contributed by atoms with E-state index in [4.69, 9.17) is 15.7 Å². The Morgan fingerprint density at radius 3 is 2.57 bits per heavy atom. The molecule has 1 fully saturated rings. The van der Waals surface area contributed by atoms with Gasteiger partial charge in [0.15, 0.2) is 0 Å². The number of ether oxygens (including phenoxy) is 1. The van der Waals surface area contributed by atoms with Gasteiger partial charge in [-0.2, -0.15) is 5.26 Å². The summed E-state index contributed by atoms with van der Waals surface area (Å²) in [7, 11) is 0. The van der Waals surface area contributed by atoms with E-state index in [2.05, 4.69) is 11.0 Å². The van der Waals surface area contributed by atoms with E-state index in [-0.39, 0.29) is 5.91 Å². The largest absolute Gasteiger partial charge is 0.492 e. The highest BCUT2D eigenvalue weighted by Crippen LogP contribution is 2.23. The first-order chi connectivity index (χ1) is 10.2.